The Kier molecular flexibility index (Phi) is 5.57. The van der Waals surface area contributed by atoms with E-state index in [1.165, 1.54) is 0 Å². The van der Waals surface area contributed by atoms with Gasteiger partial charge in [0.15, 0.2) is 0 Å². The van der Waals surface area contributed by atoms with Gasteiger partial charge in [0.25, 0.3) is 5.91 Å². The van der Waals surface area contributed by atoms with Crippen LogP contribution in [0.4, 0.5) is 5.95 Å². The highest BCUT2D eigenvalue weighted by Crippen LogP contribution is 2.23. The monoisotopic (exact) mass is 391 g/mol. The number of anilines is 1. The van der Waals surface area contributed by atoms with Crippen molar-refractivity contribution in [2.45, 2.75) is 25.5 Å². The van der Waals surface area contributed by atoms with Gasteiger partial charge < -0.3 is 19.9 Å². The second-order valence-corrected chi connectivity index (χ2v) is 7.41. The van der Waals surface area contributed by atoms with E-state index in [2.05, 4.69) is 15.3 Å². The standard InChI is InChI=1S/C22H25N5O2/c1-26-14-17(10-20(26)21(29)27-9-5-8-19(28)15-27)18-12-24-22(25-13-18)23-11-16-6-3-2-4-7-16/h2-4,6-7,10,12-14,19,28H,5,8-9,11,15H2,1H3,(H,23,24,25). The second-order valence-electron chi connectivity index (χ2n) is 7.41. The van der Waals surface area contributed by atoms with Gasteiger partial charge in [0.05, 0.1) is 6.10 Å². The molecule has 1 aliphatic rings. The van der Waals surface area contributed by atoms with E-state index in [1.54, 1.807) is 17.3 Å². The Labute approximate surface area is 170 Å². The van der Waals surface area contributed by atoms with Crippen molar-refractivity contribution in [1.82, 2.24) is 19.4 Å². The predicted octanol–water partition coefficient (Wildman–Crippen LogP) is 2.69. The number of amides is 1. The highest BCUT2D eigenvalue weighted by molar-refractivity contribution is 5.94. The molecule has 0 saturated carbocycles. The fourth-order valence-corrected chi connectivity index (χ4v) is 3.58. The minimum atomic E-state index is -0.434. The van der Waals surface area contributed by atoms with E-state index in [0.29, 0.717) is 31.3 Å². The molecule has 7 heteroatoms. The normalized spacial score (nSPS) is 16.6. The van der Waals surface area contributed by atoms with E-state index in [4.69, 9.17) is 0 Å². The first kappa shape index (κ1) is 19.1. The number of aryl methyl sites for hydroxylation is 1. The van der Waals surface area contributed by atoms with E-state index in [9.17, 15) is 9.90 Å². The van der Waals surface area contributed by atoms with E-state index in [1.807, 2.05) is 54.2 Å². The summed E-state index contributed by atoms with van der Waals surface area (Å²) in [4.78, 5) is 23.3. The number of aromatic nitrogens is 3. The number of benzene rings is 1. The Morgan fingerprint density at radius 2 is 1.97 bits per heavy atom. The van der Waals surface area contributed by atoms with Crippen molar-refractivity contribution in [1.29, 1.82) is 0 Å². The molecular weight excluding hydrogens is 366 g/mol. The lowest BCUT2D eigenvalue weighted by molar-refractivity contribution is 0.0466. The zero-order valence-electron chi connectivity index (χ0n) is 16.5. The molecular formula is C22H25N5O2. The molecule has 7 nitrogen and oxygen atoms in total. The minimum absolute atomic E-state index is 0.0560. The Morgan fingerprint density at radius 3 is 2.69 bits per heavy atom. The van der Waals surface area contributed by atoms with Gasteiger partial charge in [-0.15, -0.1) is 0 Å². The summed E-state index contributed by atoms with van der Waals surface area (Å²) in [5, 5.41) is 13.1. The summed E-state index contributed by atoms with van der Waals surface area (Å²) < 4.78 is 1.82. The highest BCUT2D eigenvalue weighted by Gasteiger charge is 2.25. The Morgan fingerprint density at radius 1 is 1.21 bits per heavy atom. The summed E-state index contributed by atoms with van der Waals surface area (Å²) in [6, 6.07) is 11.9. The van der Waals surface area contributed by atoms with Crippen LogP contribution in [0.2, 0.25) is 0 Å². The number of nitrogens with zero attached hydrogens (tertiary/aromatic N) is 4. The maximum absolute atomic E-state index is 12.8. The van der Waals surface area contributed by atoms with E-state index in [0.717, 1.165) is 29.5 Å². The molecule has 1 aliphatic heterocycles. The Balaban J connectivity index is 1.45. The van der Waals surface area contributed by atoms with Crippen LogP contribution in [0.5, 0.6) is 0 Å². The molecule has 29 heavy (non-hydrogen) atoms. The number of nitrogens with one attached hydrogen (secondary N) is 1. The van der Waals surface area contributed by atoms with Gasteiger partial charge in [-0.2, -0.15) is 0 Å². The molecule has 0 spiro atoms. The average Bonchev–Trinajstić information content (AvgIpc) is 3.14. The van der Waals surface area contributed by atoms with Gasteiger partial charge >= 0.3 is 0 Å². The third-order valence-corrected chi connectivity index (χ3v) is 5.19. The summed E-state index contributed by atoms with van der Waals surface area (Å²) in [6.45, 7) is 1.73. The topological polar surface area (TPSA) is 83.3 Å². The number of aliphatic hydroxyl groups excluding tert-OH is 1. The first-order chi connectivity index (χ1) is 14.1. The summed E-state index contributed by atoms with van der Waals surface area (Å²) >= 11 is 0. The van der Waals surface area contributed by atoms with Gasteiger partial charge in [0.2, 0.25) is 5.95 Å². The van der Waals surface area contributed by atoms with Crippen molar-refractivity contribution in [3.8, 4) is 11.1 Å². The summed E-state index contributed by atoms with van der Waals surface area (Å²) in [7, 11) is 1.85. The molecule has 1 saturated heterocycles. The van der Waals surface area contributed by atoms with Crippen molar-refractivity contribution in [2.75, 3.05) is 18.4 Å². The van der Waals surface area contributed by atoms with Crippen LogP contribution in [0.1, 0.15) is 28.9 Å². The first-order valence-corrected chi connectivity index (χ1v) is 9.84. The third kappa shape index (κ3) is 4.46. The molecule has 2 aromatic heterocycles. The lowest BCUT2D eigenvalue weighted by Crippen LogP contribution is -2.42. The van der Waals surface area contributed by atoms with Crippen LogP contribution in [0.15, 0.2) is 55.0 Å². The SMILES string of the molecule is Cn1cc(-c2cnc(NCc3ccccc3)nc2)cc1C(=O)N1CCCC(O)C1. The fourth-order valence-electron chi connectivity index (χ4n) is 3.58. The lowest BCUT2D eigenvalue weighted by atomic mass is 10.1. The number of β-amino-alcohol motifs (C(OH)–C–C–N with tert-alkyl or cyclic N) is 1. The second kappa shape index (κ2) is 8.45. The van der Waals surface area contributed by atoms with Crippen LogP contribution >= 0.6 is 0 Å². The lowest BCUT2D eigenvalue weighted by Gasteiger charge is -2.30. The number of aliphatic hydroxyl groups is 1. The van der Waals surface area contributed by atoms with Gasteiger partial charge in [0, 0.05) is 56.4 Å². The summed E-state index contributed by atoms with van der Waals surface area (Å²) in [5.74, 6) is 0.506. The number of rotatable bonds is 5. The number of carbonyl (C=O) groups excluding carboxylic acids is 1. The number of hydrogen-bond donors (Lipinski definition) is 2. The largest absolute Gasteiger partial charge is 0.391 e. The summed E-state index contributed by atoms with van der Waals surface area (Å²) in [5.41, 5.74) is 3.50. The predicted molar refractivity (Wildman–Crippen MR) is 111 cm³/mol. The van der Waals surface area contributed by atoms with Crippen LogP contribution < -0.4 is 5.32 Å². The number of carbonyl (C=O) groups is 1. The van der Waals surface area contributed by atoms with Gasteiger partial charge in [-0.3, -0.25) is 4.79 Å². The molecule has 1 amide bonds. The van der Waals surface area contributed by atoms with Crippen molar-refractivity contribution in [3.05, 3.63) is 66.2 Å². The number of piperidine rings is 1. The van der Waals surface area contributed by atoms with E-state index < -0.39 is 6.10 Å². The zero-order chi connectivity index (χ0) is 20.2. The fraction of sp³-hybridized carbons (Fsp3) is 0.318. The van der Waals surface area contributed by atoms with Gasteiger partial charge in [-0.1, -0.05) is 30.3 Å². The van der Waals surface area contributed by atoms with Crippen LogP contribution in [-0.2, 0) is 13.6 Å². The maximum Gasteiger partial charge on any atom is 0.270 e. The molecule has 3 aromatic rings. The van der Waals surface area contributed by atoms with Crippen LogP contribution in [0, 0.1) is 0 Å². The van der Waals surface area contributed by atoms with Crippen LogP contribution in [-0.4, -0.2) is 49.6 Å². The molecule has 1 fully saturated rings. The van der Waals surface area contributed by atoms with Crippen LogP contribution in [0.25, 0.3) is 11.1 Å². The Hall–Kier alpha value is -3.19. The Bertz CT molecular complexity index is 969. The molecule has 0 bridgehead atoms. The van der Waals surface area contributed by atoms with Crippen molar-refractivity contribution in [3.63, 3.8) is 0 Å². The molecule has 1 atom stereocenters. The van der Waals surface area contributed by atoms with Gasteiger partial charge in [0.1, 0.15) is 5.69 Å². The quantitative estimate of drug-likeness (QED) is 0.699. The molecule has 150 valence electrons. The van der Waals surface area contributed by atoms with Crippen molar-refractivity contribution < 1.29 is 9.90 Å². The van der Waals surface area contributed by atoms with Crippen LogP contribution in [0.3, 0.4) is 0 Å². The molecule has 2 N–H and O–H groups in total. The molecule has 1 unspecified atom stereocenters. The van der Waals surface area contributed by atoms with E-state index in [-0.39, 0.29) is 5.91 Å². The average molecular weight is 391 g/mol. The molecule has 3 heterocycles. The third-order valence-electron chi connectivity index (χ3n) is 5.19. The number of hydrogen-bond acceptors (Lipinski definition) is 5. The van der Waals surface area contributed by atoms with Gasteiger partial charge in [-0.25, -0.2) is 9.97 Å². The number of likely N-dealkylation sites (tertiary alicyclic amines) is 1. The molecule has 1 aromatic carbocycles. The van der Waals surface area contributed by atoms with Crippen molar-refractivity contribution in [2.24, 2.45) is 7.05 Å². The summed E-state index contributed by atoms with van der Waals surface area (Å²) in [6.07, 6.45) is 6.57. The van der Waals surface area contributed by atoms with Crippen molar-refractivity contribution >= 4 is 11.9 Å². The molecule has 0 aliphatic carbocycles. The van der Waals surface area contributed by atoms with E-state index >= 15 is 0 Å². The zero-order valence-corrected chi connectivity index (χ0v) is 16.5. The highest BCUT2D eigenvalue weighted by atomic mass is 16.3. The minimum Gasteiger partial charge on any atom is -0.391 e. The van der Waals surface area contributed by atoms with Gasteiger partial charge in [-0.05, 0) is 24.5 Å². The first-order valence-electron chi connectivity index (χ1n) is 9.84. The maximum atomic E-state index is 12.8. The molecule has 0 radical (unpaired) electrons. The smallest absolute Gasteiger partial charge is 0.270 e. The molecule has 4 rings (SSSR count).